The van der Waals surface area contributed by atoms with Crippen molar-refractivity contribution in [1.29, 1.82) is 0 Å². The summed E-state index contributed by atoms with van der Waals surface area (Å²) < 4.78 is 0. The fraction of sp³-hybridized carbons (Fsp3) is 0.312. The number of carbonyl (C=O) groups excluding carboxylic acids is 1. The second kappa shape index (κ2) is 6.20. The highest BCUT2D eigenvalue weighted by atomic mass is 16.1. The van der Waals surface area contributed by atoms with Crippen molar-refractivity contribution >= 4 is 5.91 Å². The Morgan fingerprint density at radius 1 is 1.28 bits per heavy atom. The van der Waals surface area contributed by atoms with Gasteiger partial charge in [0.1, 0.15) is 0 Å². The van der Waals surface area contributed by atoms with E-state index in [1.165, 1.54) is 18.4 Å². The maximum Gasteiger partial charge on any atom is 0.244 e. The van der Waals surface area contributed by atoms with Gasteiger partial charge in [-0.2, -0.15) is 0 Å². The van der Waals surface area contributed by atoms with Crippen LogP contribution in [0.4, 0.5) is 0 Å². The normalized spacial score (nSPS) is 17.2. The van der Waals surface area contributed by atoms with Gasteiger partial charge in [-0.25, -0.2) is 0 Å². The van der Waals surface area contributed by atoms with Crippen LogP contribution < -0.4 is 5.32 Å². The minimum Gasteiger partial charge on any atom is -0.345 e. The van der Waals surface area contributed by atoms with Crippen LogP contribution in [0, 0.1) is 5.92 Å². The minimum atomic E-state index is -0.0196. The summed E-state index contributed by atoms with van der Waals surface area (Å²) in [5.41, 5.74) is 1.20. The number of benzene rings is 1. The molecule has 1 unspecified atom stereocenters. The van der Waals surface area contributed by atoms with Gasteiger partial charge in [-0.05, 0) is 31.2 Å². The molecule has 1 fully saturated rings. The monoisotopic (exact) mass is 241 g/mol. The molecule has 1 amide bonds. The van der Waals surface area contributed by atoms with Crippen molar-refractivity contribution in [3.8, 4) is 0 Å². The molecule has 1 saturated carbocycles. The molecule has 0 saturated heterocycles. The van der Waals surface area contributed by atoms with Crippen LogP contribution in [0.2, 0.25) is 0 Å². The van der Waals surface area contributed by atoms with E-state index in [4.69, 9.17) is 0 Å². The molecule has 0 aromatic heterocycles. The number of nitrogens with one attached hydrogen (secondary N) is 1. The number of hydrogen-bond acceptors (Lipinski definition) is 1. The van der Waals surface area contributed by atoms with Crippen molar-refractivity contribution in [2.24, 2.45) is 5.92 Å². The van der Waals surface area contributed by atoms with Gasteiger partial charge in [-0.15, -0.1) is 0 Å². The molecule has 18 heavy (non-hydrogen) atoms. The number of hydrogen-bond donors (Lipinski definition) is 1. The maximum absolute atomic E-state index is 11.8. The van der Waals surface area contributed by atoms with Crippen LogP contribution in [0.3, 0.4) is 0 Å². The van der Waals surface area contributed by atoms with Gasteiger partial charge in [0.15, 0.2) is 0 Å². The average molecular weight is 241 g/mol. The average Bonchev–Trinajstić information content (AvgIpc) is 3.22. The number of allylic oxidation sites excluding steroid dienone is 3. The van der Waals surface area contributed by atoms with Crippen molar-refractivity contribution in [3.05, 3.63) is 60.2 Å². The molecule has 2 heteroatoms. The lowest BCUT2D eigenvalue weighted by Crippen LogP contribution is -2.28. The highest BCUT2D eigenvalue weighted by Gasteiger charge is 2.32. The largest absolute Gasteiger partial charge is 0.345 e. The van der Waals surface area contributed by atoms with Crippen LogP contribution >= 0.6 is 0 Å². The topological polar surface area (TPSA) is 29.1 Å². The van der Waals surface area contributed by atoms with Gasteiger partial charge < -0.3 is 5.32 Å². The van der Waals surface area contributed by atoms with Gasteiger partial charge in [0.05, 0.1) is 6.04 Å². The Bertz CT molecular complexity index is 443. The molecule has 0 spiro atoms. The minimum absolute atomic E-state index is 0.0196. The number of amides is 1. The lowest BCUT2D eigenvalue weighted by molar-refractivity contribution is -0.117. The van der Waals surface area contributed by atoms with Crippen molar-refractivity contribution in [1.82, 2.24) is 5.32 Å². The molecule has 0 bridgehead atoms. The van der Waals surface area contributed by atoms with Gasteiger partial charge in [-0.3, -0.25) is 4.79 Å². The molecule has 1 atom stereocenters. The van der Waals surface area contributed by atoms with Crippen LogP contribution in [0.5, 0.6) is 0 Å². The van der Waals surface area contributed by atoms with E-state index in [-0.39, 0.29) is 11.9 Å². The lowest BCUT2D eigenvalue weighted by Gasteiger charge is -2.17. The van der Waals surface area contributed by atoms with E-state index in [1.54, 1.807) is 12.2 Å². The predicted molar refractivity (Wildman–Crippen MR) is 74.0 cm³/mol. The van der Waals surface area contributed by atoms with E-state index in [9.17, 15) is 4.79 Å². The summed E-state index contributed by atoms with van der Waals surface area (Å²) in [6, 6.07) is 10.4. The van der Waals surface area contributed by atoms with Gasteiger partial charge in [0, 0.05) is 6.08 Å². The Morgan fingerprint density at radius 2 is 2.00 bits per heavy atom. The summed E-state index contributed by atoms with van der Waals surface area (Å²) in [5, 5.41) is 3.09. The molecule has 2 rings (SSSR count). The van der Waals surface area contributed by atoms with E-state index in [0.717, 1.165) is 0 Å². The highest BCUT2D eigenvalue weighted by molar-refractivity contribution is 5.88. The third kappa shape index (κ3) is 3.59. The first-order chi connectivity index (χ1) is 8.81. The Balaban J connectivity index is 2.01. The smallest absolute Gasteiger partial charge is 0.244 e. The summed E-state index contributed by atoms with van der Waals surface area (Å²) >= 11 is 0. The predicted octanol–water partition coefficient (Wildman–Crippen LogP) is 3.39. The summed E-state index contributed by atoms with van der Waals surface area (Å²) in [7, 11) is 0. The Kier molecular flexibility index (Phi) is 4.35. The fourth-order valence-corrected chi connectivity index (χ4v) is 2.02. The van der Waals surface area contributed by atoms with Crippen LogP contribution in [-0.4, -0.2) is 5.91 Å². The fourth-order valence-electron chi connectivity index (χ4n) is 2.02. The molecule has 1 aromatic carbocycles. The quantitative estimate of drug-likeness (QED) is 0.621. The second-order valence-electron chi connectivity index (χ2n) is 4.62. The Labute approximate surface area is 108 Å². The summed E-state index contributed by atoms with van der Waals surface area (Å²) in [6.45, 7) is 1.93. The molecule has 0 aliphatic heterocycles. The molecule has 1 aliphatic rings. The summed E-state index contributed by atoms with van der Waals surface area (Å²) in [4.78, 5) is 11.8. The van der Waals surface area contributed by atoms with Gasteiger partial charge in [0.2, 0.25) is 5.91 Å². The van der Waals surface area contributed by atoms with Gasteiger partial charge in [0.25, 0.3) is 0 Å². The SMILES string of the molecule is C/C=C/C=C/C(=O)NC(c1ccccc1)C1CC1. The van der Waals surface area contributed by atoms with Gasteiger partial charge >= 0.3 is 0 Å². The zero-order valence-corrected chi connectivity index (χ0v) is 10.7. The summed E-state index contributed by atoms with van der Waals surface area (Å²) in [6.07, 6.45) is 9.52. The molecule has 1 aromatic rings. The van der Waals surface area contributed by atoms with Crippen LogP contribution in [-0.2, 0) is 4.79 Å². The van der Waals surface area contributed by atoms with E-state index >= 15 is 0 Å². The van der Waals surface area contributed by atoms with Crippen molar-refractivity contribution in [3.63, 3.8) is 0 Å². The highest BCUT2D eigenvalue weighted by Crippen LogP contribution is 2.40. The summed E-state index contributed by atoms with van der Waals surface area (Å²) in [5.74, 6) is 0.584. The molecule has 1 N–H and O–H groups in total. The lowest BCUT2D eigenvalue weighted by atomic mass is 10.0. The van der Waals surface area contributed by atoms with E-state index in [1.807, 2.05) is 37.3 Å². The molecule has 0 radical (unpaired) electrons. The molecule has 0 heterocycles. The molecule has 1 aliphatic carbocycles. The standard InChI is InChI=1S/C16H19NO/c1-2-3-5-10-15(18)17-16(14-11-12-14)13-8-6-4-7-9-13/h2-10,14,16H,11-12H2,1H3,(H,17,18)/b3-2+,10-5+. The first kappa shape index (κ1) is 12.6. The van der Waals surface area contributed by atoms with E-state index < -0.39 is 0 Å². The van der Waals surface area contributed by atoms with E-state index in [2.05, 4.69) is 17.4 Å². The number of rotatable bonds is 5. The first-order valence-electron chi connectivity index (χ1n) is 6.46. The van der Waals surface area contributed by atoms with Crippen molar-refractivity contribution in [2.75, 3.05) is 0 Å². The molecular weight excluding hydrogens is 222 g/mol. The third-order valence-electron chi connectivity index (χ3n) is 3.10. The Morgan fingerprint density at radius 3 is 2.61 bits per heavy atom. The molecular formula is C16H19NO. The van der Waals surface area contributed by atoms with Crippen LogP contribution in [0.15, 0.2) is 54.6 Å². The van der Waals surface area contributed by atoms with Crippen molar-refractivity contribution in [2.45, 2.75) is 25.8 Å². The third-order valence-corrected chi connectivity index (χ3v) is 3.10. The molecule has 94 valence electrons. The van der Waals surface area contributed by atoms with E-state index in [0.29, 0.717) is 5.92 Å². The van der Waals surface area contributed by atoms with Crippen LogP contribution in [0.25, 0.3) is 0 Å². The molecule has 2 nitrogen and oxygen atoms in total. The van der Waals surface area contributed by atoms with Crippen LogP contribution in [0.1, 0.15) is 31.4 Å². The Hall–Kier alpha value is -1.83. The number of carbonyl (C=O) groups is 1. The zero-order valence-electron chi connectivity index (χ0n) is 10.7. The first-order valence-corrected chi connectivity index (χ1v) is 6.46. The zero-order chi connectivity index (χ0) is 12.8. The second-order valence-corrected chi connectivity index (χ2v) is 4.62. The van der Waals surface area contributed by atoms with Crippen molar-refractivity contribution < 1.29 is 4.79 Å². The van der Waals surface area contributed by atoms with Gasteiger partial charge in [-0.1, -0.05) is 48.6 Å². The maximum atomic E-state index is 11.8.